The zero-order valence-electron chi connectivity index (χ0n) is 17.8. The number of hydrogen-bond acceptors (Lipinski definition) is 7. The molecule has 4 rings (SSSR count). The maximum absolute atomic E-state index is 14.8. The summed E-state index contributed by atoms with van der Waals surface area (Å²) in [5.74, 6) is 0.561. The molecule has 1 amide bonds. The van der Waals surface area contributed by atoms with E-state index in [-0.39, 0.29) is 30.1 Å². The summed E-state index contributed by atoms with van der Waals surface area (Å²) in [4.78, 5) is 23.6. The average molecular weight is 513 g/mol. The standard InChI is InChI=1S/C21H21FN2O8S2/c22-19-10-15(2-4-18(19)13-5-7-33(28)8-6-13)23-12-16(32-21(23)25)9-14-1-3-17(34(29,30)31)11-20(14)24(26)27/h1-4,10-11,13,16H,5-9,12H2,(H,29,30,31). The van der Waals surface area contributed by atoms with E-state index in [2.05, 4.69) is 0 Å². The van der Waals surface area contributed by atoms with E-state index in [9.17, 15) is 31.9 Å². The summed E-state index contributed by atoms with van der Waals surface area (Å²) >= 11 is 0. The summed E-state index contributed by atoms with van der Waals surface area (Å²) in [6, 6.07) is 7.42. The number of nitro benzene ring substituents is 1. The van der Waals surface area contributed by atoms with Crippen LogP contribution in [0.25, 0.3) is 0 Å². The molecule has 2 heterocycles. The summed E-state index contributed by atoms with van der Waals surface area (Å²) in [6.45, 7) is 0.0111. The number of rotatable bonds is 6. The van der Waals surface area contributed by atoms with Crippen molar-refractivity contribution in [3.05, 3.63) is 63.5 Å². The van der Waals surface area contributed by atoms with Gasteiger partial charge in [-0.25, -0.2) is 9.18 Å². The minimum Gasteiger partial charge on any atom is -0.444 e. The lowest BCUT2D eigenvalue weighted by atomic mass is 9.93. The Hall–Kier alpha value is -2.90. The second-order valence-electron chi connectivity index (χ2n) is 8.17. The molecular formula is C21H21FN2O8S2. The van der Waals surface area contributed by atoms with Gasteiger partial charge in [0.05, 0.1) is 17.2 Å². The first-order valence-electron chi connectivity index (χ1n) is 10.4. The fourth-order valence-corrected chi connectivity index (χ4v) is 6.05. The van der Waals surface area contributed by atoms with Crippen LogP contribution in [0.1, 0.15) is 29.9 Å². The van der Waals surface area contributed by atoms with Crippen molar-refractivity contribution in [2.75, 3.05) is 23.0 Å². The van der Waals surface area contributed by atoms with Crippen molar-refractivity contribution >= 4 is 38.4 Å². The van der Waals surface area contributed by atoms with Crippen LogP contribution < -0.4 is 4.90 Å². The van der Waals surface area contributed by atoms with E-state index in [1.807, 2.05) is 0 Å². The van der Waals surface area contributed by atoms with E-state index in [0.717, 1.165) is 12.1 Å². The monoisotopic (exact) mass is 512 g/mol. The lowest BCUT2D eigenvalue weighted by molar-refractivity contribution is -0.385. The maximum atomic E-state index is 14.8. The van der Waals surface area contributed by atoms with Gasteiger partial charge in [0, 0.05) is 40.4 Å². The highest BCUT2D eigenvalue weighted by molar-refractivity contribution is 7.85. The van der Waals surface area contributed by atoms with E-state index < -0.39 is 54.4 Å². The Labute approximate surface area is 197 Å². The summed E-state index contributed by atoms with van der Waals surface area (Å²) in [7, 11) is -5.48. The molecule has 0 bridgehead atoms. The number of ether oxygens (including phenoxy) is 1. The Morgan fingerprint density at radius 2 is 1.91 bits per heavy atom. The lowest BCUT2D eigenvalue weighted by Crippen LogP contribution is -2.25. The van der Waals surface area contributed by atoms with Crippen LogP contribution in [0.4, 0.5) is 20.6 Å². The largest absolute Gasteiger partial charge is 0.444 e. The van der Waals surface area contributed by atoms with Gasteiger partial charge in [-0.15, -0.1) is 0 Å². The van der Waals surface area contributed by atoms with E-state index in [1.54, 1.807) is 12.1 Å². The Morgan fingerprint density at radius 3 is 2.53 bits per heavy atom. The third-order valence-electron chi connectivity index (χ3n) is 6.00. The second kappa shape index (κ2) is 9.39. The minimum atomic E-state index is -4.62. The molecule has 10 nitrogen and oxygen atoms in total. The molecule has 13 heteroatoms. The third-order valence-corrected chi connectivity index (χ3v) is 8.23. The fraction of sp³-hybridized carbons (Fsp3) is 0.381. The van der Waals surface area contributed by atoms with Gasteiger partial charge in [0.25, 0.3) is 15.8 Å². The number of benzene rings is 2. The third kappa shape index (κ3) is 5.10. The van der Waals surface area contributed by atoms with Crippen LogP contribution in [-0.2, 0) is 32.1 Å². The van der Waals surface area contributed by atoms with Gasteiger partial charge < -0.3 is 4.74 Å². The van der Waals surface area contributed by atoms with Gasteiger partial charge in [-0.2, -0.15) is 8.42 Å². The molecule has 1 unspecified atom stereocenters. The van der Waals surface area contributed by atoms with Crippen molar-refractivity contribution < 1.29 is 36.0 Å². The minimum absolute atomic E-state index is 0.0111. The Balaban J connectivity index is 1.50. The van der Waals surface area contributed by atoms with E-state index in [1.165, 1.54) is 17.0 Å². The fourth-order valence-electron chi connectivity index (χ4n) is 4.25. The zero-order valence-corrected chi connectivity index (χ0v) is 19.4. The average Bonchev–Trinajstić information content (AvgIpc) is 3.13. The van der Waals surface area contributed by atoms with Gasteiger partial charge in [0.2, 0.25) is 0 Å². The number of nitrogens with zero attached hydrogens (tertiary/aromatic N) is 2. The summed E-state index contributed by atoms with van der Waals surface area (Å²) in [6.07, 6.45) is -0.344. The van der Waals surface area contributed by atoms with E-state index in [4.69, 9.17) is 9.29 Å². The van der Waals surface area contributed by atoms with Crippen molar-refractivity contribution in [1.82, 2.24) is 0 Å². The molecule has 2 aliphatic rings. The highest BCUT2D eigenvalue weighted by Gasteiger charge is 2.35. The van der Waals surface area contributed by atoms with Gasteiger partial charge in [-0.05, 0) is 42.5 Å². The van der Waals surface area contributed by atoms with Crippen LogP contribution in [0.15, 0.2) is 41.3 Å². The Bertz CT molecular complexity index is 1270. The highest BCUT2D eigenvalue weighted by atomic mass is 32.2. The summed E-state index contributed by atoms with van der Waals surface area (Å²) in [5, 5.41) is 11.4. The van der Waals surface area contributed by atoms with Crippen molar-refractivity contribution in [3.8, 4) is 0 Å². The molecule has 182 valence electrons. The summed E-state index contributed by atoms with van der Waals surface area (Å²) < 4.78 is 63.4. The zero-order chi connectivity index (χ0) is 24.6. The van der Waals surface area contributed by atoms with Gasteiger partial charge >= 0.3 is 6.09 Å². The molecule has 0 spiro atoms. The first-order chi connectivity index (χ1) is 16.0. The predicted molar refractivity (Wildman–Crippen MR) is 120 cm³/mol. The topological polar surface area (TPSA) is 144 Å². The molecular weight excluding hydrogens is 491 g/mol. The Kier molecular flexibility index (Phi) is 6.69. The quantitative estimate of drug-likeness (QED) is 0.353. The number of carbonyl (C=O) groups excluding carboxylic acids is 1. The molecule has 2 fully saturated rings. The first-order valence-corrected chi connectivity index (χ1v) is 13.3. The number of hydrogen-bond donors (Lipinski definition) is 1. The molecule has 0 saturated carbocycles. The molecule has 2 saturated heterocycles. The number of anilines is 1. The normalized spacial score (nSPS) is 23.1. The van der Waals surface area contributed by atoms with Crippen molar-refractivity contribution in [1.29, 1.82) is 0 Å². The number of carbonyl (C=O) groups is 1. The molecule has 34 heavy (non-hydrogen) atoms. The van der Waals surface area contributed by atoms with Crippen LogP contribution >= 0.6 is 0 Å². The highest BCUT2D eigenvalue weighted by Crippen LogP contribution is 2.33. The van der Waals surface area contributed by atoms with E-state index >= 15 is 0 Å². The smallest absolute Gasteiger partial charge is 0.414 e. The van der Waals surface area contributed by atoms with Crippen molar-refractivity contribution in [3.63, 3.8) is 0 Å². The number of halogens is 1. The molecule has 0 aromatic heterocycles. The molecule has 0 aliphatic carbocycles. The lowest BCUT2D eigenvalue weighted by Gasteiger charge is -2.23. The van der Waals surface area contributed by atoms with Crippen molar-refractivity contribution in [2.24, 2.45) is 0 Å². The predicted octanol–water partition coefficient (Wildman–Crippen LogP) is 3.17. The SMILES string of the molecule is O=C1OC(Cc2ccc(S(=O)(=O)O)cc2[N+](=O)[O-])CN1c1ccc(C2CCS(=O)CC2)c(F)c1. The second-order valence-corrected chi connectivity index (χ2v) is 11.3. The number of amides is 1. The van der Waals surface area contributed by atoms with Crippen LogP contribution in [0.3, 0.4) is 0 Å². The van der Waals surface area contributed by atoms with E-state index in [0.29, 0.717) is 29.9 Å². The number of nitro groups is 1. The number of cyclic esters (lactones) is 1. The van der Waals surface area contributed by atoms with Crippen LogP contribution in [0.2, 0.25) is 0 Å². The van der Waals surface area contributed by atoms with Gasteiger partial charge in [-0.1, -0.05) is 12.1 Å². The van der Waals surface area contributed by atoms with Gasteiger partial charge in [-0.3, -0.25) is 23.8 Å². The molecule has 2 aromatic rings. The van der Waals surface area contributed by atoms with Crippen molar-refractivity contribution in [2.45, 2.75) is 36.2 Å². The van der Waals surface area contributed by atoms with Crippen LogP contribution in [-0.4, -0.2) is 52.4 Å². The molecule has 1 N–H and O–H groups in total. The van der Waals surface area contributed by atoms with Crippen LogP contribution in [0, 0.1) is 15.9 Å². The molecule has 0 radical (unpaired) electrons. The first kappa shape index (κ1) is 24.2. The Morgan fingerprint density at radius 1 is 1.21 bits per heavy atom. The van der Waals surface area contributed by atoms with Gasteiger partial charge in [0.15, 0.2) is 0 Å². The maximum Gasteiger partial charge on any atom is 0.414 e. The van der Waals surface area contributed by atoms with Gasteiger partial charge in [0.1, 0.15) is 16.8 Å². The summed E-state index contributed by atoms with van der Waals surface area (Å²) in [5.41, 5.74) is 0.380. The molecule has 2 aliphatic heterocycles. The van der Waals surface area contributed by atoms with Crippen LogP contribution in [0.5, 0.6) is 0 Å². The molecule has 1 atom stereocenters. The molecule has 2 aromatic carbocycles.